The summed E-state index contributed by atoms with van der Waals surface area (Å²) in [5, 5.41) is 1.31. The fourth-order valence-electron chi connectivity index (χ4n) is 1.90. The van der Waals surface area contributed by atoms with Crippen LogP contribution in [0.25, 0.3) is 0 Å². The van der Waals surface area contributed by atoms with Crippen molar-refractivity contribution in [2.45, 2.75) is 6.54 Å². The number of nitrogens with zero attached hydrogens (tertiary/aromatic N) is 1. The van der Waals surface area contributed by atoms with Crippen molar-refractivity contribution >= 4 is 46.4 Å². The van der Waals surface area contributed by atoms with Crippen molar-refractivity contribution in [1.82, 2.24) is 4.90 Å². The average molecular weight is 344 g/mol. The Morgan fingerprint density at radius 3 is 2.38 bits per heavy atom. The molecule has 6 heteroatoms. The summed E-state index contributed by atoms with van der Waals surface area (Å²) in [6.07, 6.45) is 0. The minimum atomic E-state index is -0.210. The first-order chi connectivity index (χ1) is 9.88. The molecule has 0 saturated carbocycles. The molecule has 2 rings (SSSR count). The van der Waals surface area contributed by atoms with E-state index in [4.69, 9.17) is 40.5 Å². The van der Waals surface area contributed by atoms with E-state index in [1.807, 2.05) is 6.07 Å². The summed E-state index contributed by atoms with van der Waals surface area (Å²) < 4.78 is 0. The summed E-state index contributed by atoms with van der Waals surface area (Å²) >= 11 is 17.9. The Bertz CT molecular complexity index is 689. The predicted octanol–water partition coefficient (Wildman–Crippen LogP) is 4.50. The second-order valence-electron chi connectivity index (χ2n) is 4.65. The van der Waals surface area contributed by atoms with Gasteiger partial charge in [0.1, 0.15) is 0 Å². The molecule has 0 aromatic heterocycles. The summed E-state index contributed by atoms with van der Waals surface area (Å²) in [6.45, 7) is 0.390. The van der Waals surface area contributed by atoms with Gasteiger partial charge in [-0.1, -0.05) is 40.9 Å². The Labute approximate surface area is 138 Å². The monoisotopic (exact) mass is 342 g/mol. The first-order valence-electron chi connectivity index (χ1n) is 6.13. The maximum absolute atomic E-state index is 12.4. The number of hydrogen-bond donors (Lipinski definition) is 1. The van der Waals surface area contributed by atoms with Crippen LogP contribution in [0.15, 0.2) is 36.4 Å². The Balaban J connectivity index is 2.19. The van der Waals surface area contributed by atoms with Crippen LogP contribution in [0, 0.1) is 0 Å². The SMILES string of the molecule is CN(Cc1ccc(Cl)c(Cl)c1)C(=O)c1cc(N)ccc1Cl. The molecule has 0 aliphatic carbocycles. The fraction of sp³-hybridized carbons (Fsp3) is 0.133. The summed E-state index contributed by atoms with van der Waals surface area (Å²) in [7, 11) is 1.68. The van der Waals surface area contributed by atoms with Crippen molar-refractivity contribution in [3.8, 4) is 0 Å². The molecule has 0 unspecified atom stereocenters. The van der Waals surface area contributed by atoms with Crippen LogP contribution in [-0.2, 0) is 6.54 Å². The molecule has 2 N–H and O–H groups in total. The summed E-state index contributed by atoms with van der Waals surface area (Å²) in [6, 6.07) is 10.1. The van der Waals surface area contributed by atoms with Crippen LogP contribution in [0.4, 0.5) is 5.69 Å². The lowest BCUT2D eigenvalue weighted by atomic mass is 10.1. The van der Waals surface area contributed by atoms with Crippen molar-refractivity contribution in [3.05, 3.63) is 62.6 Å². The van der Waals surface area contributed by atoms with E-state index in [-0.39, 0.29) is 5.91 Å². The molecule has 0 fully saturated rings. The lowest BCUT2D eigenvalue weighted by molar-refractivity contribution is 0.0785. The van der Waals surface area contributed by atoms with Gasteiger partial charge in [0, 0.05) is 19.3 Å². The minimum absolute atomic E-state index is 0.210. The molecule has 2 aromatic carbocycles. The van der Waals surface area contributed by atoms with E-state index in [2.05, 4.69) is 0 Å². The van der Waals surface area contributed by atoms with Gasteiger partial charge in [-0.15, -0.1) is 0 Å². The van der Waals surface area contributed by atoms with E-state index in [0.717, 1.165) is 5.56 Å². The van der Waals surface area contributed by atoms with Gasteiger partial charge in [-0.05, 0) is 35.9 Å². The van der Waals surface area contributed by atoms with Gasteiger partial charge in [0.05, 0.1) is 20.6 Å². The molecule has 110 valence electrons. The zero-order valence-corrected chi connectivity index (χ0v) is 13.5. The molecule has 0 aliphatic rings. The number of carbonyl (C=O) groups is 1. The van der Waals surface area contributed by atoms with E-state index < -0.39 is 0 Å². The average Bonchev–Trinajstić information content (AvgIpc) is 2.44. The number of halogens is 3. The van der Waals surface area contributed by atoms with Gasteiger partial charge in [0.25, 0.3) is 5.91 Å². The normalized spacial score (nSPS) is 10.5. The molecular formula is C15H13Cl3N2O. The Hall–Kier alpha value is -1.42. The summed E-state index contributed by atoms with van der Waals surface area (Å²) in [5.41, 5.74) is 7.43. The Morgan fingerprint density at radius 2 is 1.71 bits per heavy atom. The van der Waals surface area contributed by atoms with Crippen LogP contribution in [0.1, 0.15) is 15.9 Å². The van der Waals surface area contributed by atoms with Crippen LogP contribution in [0.5, 0.6) is 0 Å². The third kappa shape index (κ3) is 3.82. The predicted molar refractivity (Wildman–Crippen MR) is 88.1 cm³/mol. The Morgan fingerprint density at radius 1 is 1.05 bits per heavy atom. The lowest BCUT2D eigenvalue weighted by Gasteiger charge is -2.18. The number of rotatable bonds is 3. The summed E-state index contributed by atoms with van der Waals surface area (Å²) in [5.74, 6) is -0.210. The molecule has 2 aromatic rings. The van der Waals surface area contributed by atoms with Crippen LogP contribution in [-0.4, -0.2) is 17.9 Å². The highest BCUT2D eigenvalue weighted by Crippen LogP contribution is 2.24. The number of nitrogens with two attached hydrogens (primary N) is 1. The van der Waals surface area contributed by atoms with E-state index in [9.17, 15) is 4.79 Å². The third-order valence-electron chi connectivity index (χ3n) is 2.97. The lowest BCUT2D eigenvalue weighted by Crippen LogP contribution is -2.26. The van der Waals surface area contributed by atoms with Crippen LogP contribution in [0.2, 0.25) is 15.1 Å². The van der Waals surface area contributed by atoms with Gasteiger partial charge in [0.2, 0.25) is 0 Å². The van der Waals surface area contributed by atoms with Gasteiger partial charge >= 0.3 is 0 Å². The zero-order valence-electron chi connectivity index (χ0n) is 11.2. The van der Waals surface area contributed by atoms with Crippen molar-refractivity contribution in [1.29, 1.82) is 0 Å². The molecule has 0 saturated heterocycles. The number of hydrogen-bond acceptors (Lipinski definition) is 2. The van der Waals surface area contributed by atoms with Crippen molar-refractivity contribution < 1.29 is 4.79 Å². The molecular weight excluding hydrogens is 331 g/mol. The largest absolute Gasteiger partial charge is 0.399 e. The van der Waals surface area contributed by atoms with Gasteiger partial charge in [-0.3, -0.25) is 4.79 Å². The smallest absolute Gasteiger partial charge is 0.255 e. The third-order valence-corrected chi connectivity index (χ3v) is 4.04. The molecule has 0 bridgehead atoms. The number of anilines is 1. The molecule has 3 nitrogen and oxygen atoms in total. The molecule has 0 atom stereocenters. The zero-order chi connectivity index (χ0) is 15.6. The maximum atomic E-state index is 12.4. The first-order valence-corrected chi connectivity index (χ1v) is 7.26. The second kappa shape index (κ2) is 6.56. The second-order valence-corrected chi connectivity index (χ2v) is 5.87. The summed E-state index contributed by atoms with van der Waals surface area (Å²) in [4.78, 5) is 13.9. The van der Waals surface area contributed by atoms with Crippen LogP contribution in [0.3, 0.4) is 0 Å². The maximum Gasteiger partial charge on any atom is 0.255 e. The first kappa shape index (κ1) is 16.0. The molecule has 0 spiro atoms. The van der Waals surface area contributed by atoms with E-state index in [0.29, 0.717) is 32.9 Å². The van der Waals surface area contributed by atoms with Crippen LogP contribution >= 0.6 is 34.8 Å². The highest BCUT2D eigenvalue weighted by molar-refractivity contribution is 6.42. The molecule has 0 heterocycles. The van der Waals surface area contributed by atoms with Gasteiger partial charge in [0.15, 0.2) is 0 Å². The van der Waals surface area contributed by atoms with Crippen molar-refractivity contribution in [3.63, 3.8) is 0 Å². The Kier molecular flexibility index (Phi) is 4.99. The van der Waals surface area contributed by atoms with Gasteiger partial charge in [-0.25, -0.2) is 0 Å². The van der Waals surface area contributed by atoms with E-state index in [1.165, 1.54) is 0 Å². The standard InChI is InChI=1S/C15H13Cl3N2O/c1-20(8-9-2-4-13(17)14(18)6-9)15(21)11-7-10(19)3-5-12(11)16/h2-7H,8,19H2,1H3. The quantitative estimate of drug-likeness (QED) is 0.834. The van der Waals surface area contributed by atoms with Crippen molar-refractivity contribution in [2.75, 3.05) is 12.8 Å². The topological polar surface area (TPSA) is 46.3 Å². The highest BCUT2D eigenvalue weighted by Gasteiger charge is 2.16. The van der Waals surface area contributed by atoms with E-state index in [1.54, 1.807) is 42.3 Å². The fourth-order valence-corrected chi connectivity index (χ4v) is 2.42. The van der Waals surface area contributed by atoms with Gasteiger partial charge < -0.3 is 10.6 Å². The number of nitrogen functional groups attached to an aromatic ring is 1. The molecule has 21 heavy (non-hydrogen) atoms. The van der Waals surface area contributed by atoms with Gasteiger partial charge in [-0.2, -0.15) is 0 Å². The van der Waals surface area contributed by atoms with Crippen molar-refractivity contribution in [2.24, 2.45) is 0 Å². The van der Waals surface area contributed by atoms with E-state index >= 15 is 0 Å². The van der Waals surface area contributed by atoms with Crippen LogP contribution < -0.4 is 5.73 Å². The molecule has 0 aliphatic heterocycles. The minimum Gasteiger partial charge on any atom is -0.399 e. The molecule has 1 amide bonds. The number of carbonyl (C=O) groups excluding carboxylic acids is 1. The molecule has 0 radical (unpaired) electrons. The number of benzene rings is 2. The highest BCUT2D eigenvalue weighted by atomic mass is 35.5. The number of amides is 1.